The number of ether oxygens (including phenoxy) is 2. The zero-order chi connectivity index (χ0) is 21.7. The third-order valence-electron chi connectivity index (χ3n) is 6.15. The number of hydrazine groups is 1. The van der Waals surface area contributed by atoms with Crippen molar-refractivity contribution in [3.63, 3.8) is 0 Å². The van der Waals surface area contributed by atoms with Gasteiger partial charge in [0, 0.05) is 20.6 Å². The lowest BCUT2D eigenvalue weighted by Gasteiger charge is -2.30. The summed E-state index contributed by atoms with van der Waals surface area (Å²) in [5.74, 6) is 7.96. The lowest BCUT2D eigenvalue weighted by atomic mass is 9.85. The number of amides is 1. The van der Waals surface area contributed by atoms with Gasteiger partial charge in [0.05, 0.1) is 29.4 Å². The molecule has 1 aromatic rings. The highest BCUT2D eigenvalue weighted by molar-refractivity contribution is 5.68. The van der Waals surface area contributed by atoms with Crippen LogP contribution in [0.1, 0.15) is 49.9 Å². The molecule has 0 saturated heterocycles. The standard InChI is InChI=1S/C22H35N5O3/c1-15-20(29-13-17-8-5-9-17)11-10-18(25-15)21(23)19(27(3)24)14-30-22(28)26(2)12-16-6-4-7-16/h10-11,16-17H,4-9,12-14,23-24H2,1-3H3/b21-19-. The Morgan fingerprint density at radius 2 is 1.83 bits per heavy atom. The smallest absolute Gasteiger partial charge is 0.409 e. The highest BCUT2D eigenvalue weighted by Gasteiger charge is 2.23. The average Bonchev–Trinajstić information content (AvgIpc) is 2.63. The van der Waals surface area contributed by atoms with E-state index in [2.05, 4.69) is 4.98 Å². The van der Waals surface area contributed by atoms with E-state index in [0.717, 1.165) is 24.6 Å². The number of rotatable bonds is 9. The molecule has 1 heterocycles. The number of pyridine rings is 1. The van der Waals surface area contributed by atoms with Crippen LogP contribution in [-0.2, 0) is 4.74 Å². The number of aryl methyl sites for hydroxylation is 1. The lowest BCUT2D eigenvalue weighted by Crippen LogP contribution is -2.37. The Balaban J connectivity index is 1.62. The minimum Gasteiger partial charge on any atom is -0.491 e. The fourth-order valence-corrected chi connectivity index (χ4v) is 3.61. The largest absolute Gasteiger partial charge is 0.491 e. The van der Waals surface area contributed by atoms with Gasteiger partial charge in [-0.3, -0.25) is 0 Å². The molecular weight excluding hydrogens is 382 g/mol. The quantitative estimate of drug-likeness (QED) is 0.470. The molecule has 30 heavy (non-hydrogen) atoms. The number of carbonyl (C=O) groups excluding carboxylic acids is 1. The molecule has 0 atom stereocenters. The van der Waals surface area contributed by atoms with Gasteiger partial charge in [0.15, 0.2) is 0 Å². The summed E-state index contributed by atoms with van der Waals surface area (Å²) in [6.07, 6.45) is 6.98. The van der Waals surface area contributed by atoms with Crippen LogP contribution >= 0.6 is 0 Å². The summed E-state index contributed by atoms with van der Waals surface area (Å²) in [5, 5.41) is 1.37. The van der Waals surface area contributed by atoms with Crippen molar-refractivity contribution in [3.8, 4) is 5.75 Å². The van der Waals surface area contributed by atoms with Crippen LogP contribution in [0.5, 0.6) is 5.75 Å². The minimum atomic E-state index is -0.377. The Labute approximate surface area is 179 Å². The van der Waals surface area contributed by atoms with E-state index in [1.165, 1.54) is 43.5 Å². The molecule has 0 bridgehead atoms. The lowest BCUT2D eigenvalue weighted by molar-refractivity contribution is 0.101. The Morgan fingerprint density at radius 3 is 2.37 bits per heavy atom. The first-order chi connectivity index (χ1) is 14.3. The second kappa shape index (κ2) is 10.0. The Kier molecular flexibility index (Phi) is 7.42. The summed E-state index contributed by atoms with van der Waals surface area (Å²) in [5.41, 5.74) is 8.56. The molecule has 0 spiro atoms. The third kappa shape index (κ3) is 5.56. The van der Waals surface area contributed by atoms with Crippen LogP contribution < -0.4 is 16.3 Å². The molecule has 2 aliphatic carbocycles. The molecule has 166 valence electrons. The summed E-state index contributed by atoms with van der Waals surface area (Å²) in [6.45, 7) is 3.32. The molecule has 1 amide bonds. The maximum absolute atomic E-state index is 12.3. The molecular formula is C22H35N5O3. The monoisotopic (exact) mass is 417 g/mol. The van der Waals surface area contributed by atoms with Gasteiger partial charge in [-0.15, -0.1) is 0 Å². The Morgan fingerprint density at radius 1 is 1.17 bits per heavy atom. The van der Waals surface area contributed by atoms with E-state index in [1.54, 1.807) is 19.0 Å². The van der Waals surface area contributed by atoms with E-state index in [9.17, 15) is 4.79 Å². The van der Waals surface area contributed by atoms with E-state index in [-0.39, 0.29) is 12.7 Å². The molecule has 1 aromatic heterocycles. The Hall–Kier alpha value is -2.48. The molecule has 8 nitrogen and oxygen atoms in total. The van der Waals surface area contributed by atoms with Gasteiger partial charge in [0.25, 0.3) is 0 Å². The van der Waals surface area contributed by atoms with Crippen LogP contribution in [0, 0.1) is 18.8 Å². The first kappa shape index (κ1) is 22.2. The van der Waals surface area contributed by atoms with Gasteiger partial charge in [-0.1, -0.05) is 12.8 Å². The van der Waals surface area contributed by atoms with Gasteiger partial charge in [-0.25, -0.2) is 15.6 Å². The Bertz CT molecular complexity index is 772. The second-order valence-corrected chi connectivity index (χ2v) is 8.59. The van der Waals surface area contributed by atoms with Crippen molar-refractivity contribution >= 4 is 11.8 Å². The van der Waals surface area contributed by atoms with Crippen LogP contribution in [0.4, 0.5) is 4.79 Å². The molecule has 4 N–H and O–H groups in total. The number of carbonyl (C=O) groups is 1. The maximum Gasteiger partial charge on any atom is 0.409 e. The second-order valence-electron chi connectivity index (χ2n) is 8.59. The highest BCUT2D eigenvalue weighted by atomic mass is 16.6. The normalized spacial score (nSPS) is 17.5. The number of aromatic nitrogens is 1. The molecule has 8 heteroatoms. The van der Waals surface area contributed by atoms with Gasteiger partial charge < -0.3 is 25.1 Å². The van der Waals surface area contributed by atoms with Gasteiger partial charge >= 0.3 is 6.09 Å². The first-order valence-electron chi connectivity index (χ1n) is 10.8. The molecule has 0 unspecified atom stereocenters. The van der Waals surface area contributed by atoms with Crippen LogP contribution in [0.15, 0.2) is 17.8 Å². The van der Waals surface area contributed by atoms with Crippen LogP contribution in [0.3, 0.4) is 0 Å². The molecule has 2 aliphatic rings. The number of nitrogens with zero attached hydrogens (tertiary/aromatic N) is 3. The third-order valence-corrected chi connectivity index (χ3v) is 6.15. The number of hydrogen-bond donors (Lipinski definition) is 2. The molecule has 0 aliphatic heterocycles. The molecule has 0 aromatic carbocycles. The number of likely N-dealkylation sites (N-methyl/N-ethyl adjacent to an activating group) is 1. The van der Waals surface area contributed by atoms with E-state index in [4.69, 9.17) is 21.1 Å². The topological polar surface area (TPSA) is 107 Å². The summed E-state index contributed by atoms with van der Waals surface area (Å²) < 4.78 is 11.4. The van der Waals surface area contributed by atoms with Crippen LogP contribution in [0.25, 0.3) is 5.70 Å². The van der Waals surface area contributed by atoms with E-state index in [0.29, 0.717) is 28.9 Å². The van der Waals surface area contributed by atoms with Crippen molar-refractivity contribution in [3.05, 3.63) is 29.2 Å². The van der Waals surface area contributed by atoms with Gasteiger partial charge in [0.2, 0.25) is 0 Å². The van der Waals surface area contributed by atoms with Crippen LogP contribution in [0.2, 0.25) is 0 Å². The molecule has 2 fully saturated rings. The predicted molar refractivity (Wildman–Crippen MR) is 116 cm³/mol. The molecule has 0 radical (unpaired) electrons. The van der Waals surface area contributed by atoms with Crippen LogP contribution in [-0.4, -0.2) is 54.8 Å². The van der Waals surface area contributed by atoms with Crippen molar-refractivity contribution < 1.29 is 14.3 Å². The number of hydrogen-bond acceptors (Lipinski definition) is 7. The summed E-state index contributed by atoms with van der Waals surface area (Å²) in [6, 6.07) is 3.70. The fourth-order valence-electron chi connectivity index (χ4n) is 3.61. The van der Waals surface area contributed by atoms with Crippen molar-refractivity contribution in [1.82, 2.24) is 14.9 Å². The van der Waals surface area contributed by atoms with E-state index >= 15 is 0 Å². The fraction of sp³-hybridized carbons (Fsp3) is 0.636. The maximum atomic E-state index is 12.3. The van der Waals surface area contributed by atoms with Gasteiger partial charge in [-0.2, -0.15) is 0 Å². The molecule has 3 rings (SSSR count). The minimum absolute atomic E-state index is 0.0205. The average molecular weight is 418 g/mol. The highest BCUT2D eigenvalue weighted by Crippen LogP contribution is 2.28. The SMILES string of the molecule is Cc1nc(/C(N)=C(\COC(=O)N(C)CC2CCC2)N(C)N)ccc1OCC1CCC1. The summed E-state index contributed by atoms with van der Waals surface area (Å²) in [4.78, 5) is 18.5. The summed E-state index contributed by atoms with van der Waals surface area (Å²) in [7, 11) is 3.42. The van der Waals surface area contributed by atoms with E-state index in [1.807, 2.05) is 19.1 Å². The zero-order valence-corrected chi connectivity index (χ0v) is 18.4. The zero-order valence-electron chi connectivity index (χ0n) is 18.4. The van der Waals surface area contributed by atoms with Crippen molar-refractivity contribution in [2.24, 2.45) is 23.4 Å². The molecule has 2 saturated carbocycles. The van der Waals surface area contributed by atoms with Crippen molar-refractivity contribution in [1.29, 1.82) is 0 Å². The first-order valence-corrected chi connectivity index (χ1v) is 10.8. The predicted octanol–water partition coefficient (Wildman–Crippen LogP) is 2.87. The number of nitrogens with two attached hydrogens (primary N) is 2. The van der Waals surface area contributed by atoms with Gasteiger partial charge in [0.1, 0.15) is 12.4 Å². The van der Waals surface area contributed by atoms with E-state index < -0.39 is 0 Å². The van der Waals surface area contributed by atoms with Gasteiger partial charge in [-0.05, 0) is 56.6 Å². The summed E-state index contributed by atoms with van der Waals surface area (Å²) >= 11 is 0. The van der Waals surface area contributed by atoms with Crippen molar-refractivity contribution in [2.45, 2.75) is 45.4 Å². The van der Waals surface area contributed by atoms with Crippen molar-refractivity contribution in [2.75, 3.05) is 33.9 Å².